The first-order chi connectivity index (χ1) is 8.90. The van der Waals surface area contributed by atoms with Gasteiger partial charge < -0.3 is 5.11 Å². The normalized spacial score (nSPS) is 12.7. The molecule has 4 heteroatoms. The second kappa shape index (κ2) is 5.35. The Morgan fingerprint density at radius 2 is 2.00 bits per heavy atom. The van der Waals surface area contributed by atoms with E-state index in [4.69, 9.17) is 11.6 Å². The first-order valence-corrected chi connectivity index (χ1v) is 6.71. The molecule has 0 saturated heterocycles. The molecule has 0 radical (unpaired) electrons. The maximum absolute atomic E-state index is 10.4. The maximum atomic E-state index is 10.4. The summed E-state index contributed by atoms with van der Waals surface area (Å²) in [6, 6.07) is 5.69. The Morgan fingerprint density at radius 3 is 2.53 bits per heavy atom. The van der Waals surface area contributed by atoms with E-state index < -0.39 is 6.10 Å². The zero-order chi connectivity index (χ0) is 14.2. The molecule has 0 saturated carbocycles. The number of benzene rings is 1. The van der Waals surface area contributed by atoms with Gasteiger partial charge in [0.1, 0.15) is 0 Å². The maximum Gasteiger partial charge on any atom is 0.0832 e. The molecule has 2 aromatic rings. The van der Waals surface area contributed by atoms with Crippen LogP contribution in [0, 0.1) is 20.8 Å². The molecular weight excluding hydrogens is 260 g/mol. The molecule has 0 amide bonds. The lowest BCUT2D eigenvalue weighted by atomic mass is 9.99. The van der Waals surface area contributed by atoms with Crippen LogP contribution in [-0.2, 0) is 13.5 Å². The summed E-state index contributed by atoms with van der Waals surface area (Å²) in [5.41, 5.74) is 5.03. The van der Waals surface area contributed by atoms with Crippen molar-refractivity contribution in [2.75, 3.05) is 0 Å². The third kappa shape index (κ3) is 2.82. The second-order valence-corrected chi connectivity index (χ2v) is 5.41. The summed E-state index contributed by atoms with van der Waals surface area (Å²) in [5, 5.41) is 15.4. The molecule has 102 valence electrons. The highest BCUT2D eigenvalue weighted by molar-refractivity contribution is 6.31. The molecule has 0 fully saturated rings. The zero-order valence-corrected chi connectivity index (χ0v) is 12.5. The minimum atomic E-state index is -0.556. The van der Waals surface area contributed by atoms with Crippen LogP contribution < -0.4 is 0 Å². The van der Waals surface area contributed by atoms with Gasteiger partial charge in [0.05, 0.1) is 11.8 Å². The van der Waals surface area contributed by atoms with Gasteiger partial charge >= 0.3 is 0 Å². The summed E-state index contributed by atoms with van der Waals surface area (Å²) >= 11 is 6.10. The lowest BCUT2D eigenvalue weighted by Gasteiger charge is -2.12. The second-order valence-electron chi connectivity index (χ2n) is 5.00. The van der Waals surface area contributed by atoms with Gasteiger partial charge in [-0.25, -0.2) is 0 Å². The Morgan fingerprint density at radius 1 is 1.32 bits per heavy atom. The fourth-order valence-electron chi connectivity index (χ4n) is 2.24. The molecule has 1 unspecified atom stereocenters. The van der Waals surface area contributed by atoms with Gasteiger partial charge in [0.2, 0.25) is 0 Å². The van der Waals surface area contributed by atoms with Crippen molar-refractivity contribution in [3.63, 3.8) is 0 Å². The third-order valence-corrected chi connectivity index (χ3v) is 4.04. The molecule has 0 bridgehead atoms. The molecule has 0 aliphatic rings. The van der Waals surface area contributed by atoms with Crippen LogP contribution in [-0.4, -0.2) is 14.9 Å². The molecule has 3 nitrogen and oxygen atoms in total. The van der Waals surface area contributed by atoms with Crippen molar-refractivity contribution < 1.29 is 5.11 Å². The minimum absolute atomic E-state index is 0.556. The van der Waals surface area contributed by atoms with Crippen LogP contribution in [0.1, 0.15) is 34.2 Å². The molecule has 1 atom stereocenters. The van der Waals surface area contributed by atoms with Crippen LogP contribution >= 0.6 is 11.6 Å². The van der Waals surface area contributed by atoms with Gasteiger partial charge in [-0.1, -0.05) is 23.7 Å². The van der Waals surface area contributed by atoms with E-state index in [9.17, 15) is 5.11 Å². The van der Waals surface area contributed by atoms with Gasteiger partial charge in [0.15, 0.2) is 0 Å². The molecule has 2 rings (SSSR count). The highest BCUT2D eigenvalue weighted by atomic mass is 35.5. The van der Waals surface area contributed by atoms with Crippen LogP contribution in [0.25, 0.3) is 0 Å². The van der Waals surface area contributed by atoms with E-state index in [-0.39, 0.29) is 0 Å². The number of aliphatic hydroxyl groups excluding tert-OH is 1. The molecular formula is C15H19ClN2O. The van der Waals surface area contributed by atoms with Gasteiger partial charge in [-0.3, -0.25) is 4.68 Å². The molecule has 1 heterocycles. The number of aryl methyl sites for hydroxylation is 3. The predicted octanol–water partition coefficient (Wildman–Crippen LogP) is 3.27. The van der Waals surface area contributed by atoms with Crippen molar-refractivity contribution in [1.82, 2.24) is 9.78 Å². The molecule has 1 aromatic heterocycles. The number of hydrogen-bond acceptors (Lipinski definition) is 2. The van der Waals surface area contributed by atoms with Gasteiger partial charge in [-0.2, -0.15) is 5.10 Å². The summed E-state index contributed by atoms with van der Waals surface area (Å²) in [4.78, 5) is 0. The lowest BCUT2D eigenvalue weighted by Crippen LogP contribution is -2.04. The predicted molar refractivity (Wildman–Crippen MR) is 77.5 cm³/mol. The van der Waals surface area contributed by atoms with E-state index >= 15 is 0 Å². The van der Waals surface area contributed by atoms with Gasteiger partial charge in [-0.15, -0.1) is 0 Å². The summed E-state index contributed by atoms with van der Waals surface area (Å²) in [6.07, 6.45) is 0.00458. The quantitative estimate of drug-likeness (QED) is 0.936. The van der Waals surface area contributed by atoms with Gasteiger partial charge in [0, 0.05) is 24.2 Å². The van der Waals surface area contributed by atoms with Crippen molar-refractivity contribution in [3.05, 3.63) is 51.3 Å². The number of hydrogen-bond donors (Lipinski definition) is 1. The van der Waals surface area contributed by atoms with Crippen molar-refractivity contribution >= 4 is 11.6 Å². The number of nitrogens with zero attached hydrogens (tertiary/aromatic N) is 2. The van der Waals surface area contributed by atoms with Crippen LogP contribution in [0.2, 0.25) is 5.02 Å². The van der Waals surface area contributed by atoms with Crippen molar-refractivity contribution in [3.8, 4) is 0 Å². The first-order valence-electron chi connectivity index (χ1n) is 6.33. The van der Waals surface area contributed by atoms with E-state index in [2.05, 4.69) is 5.10 Å². The Bertz CT molecular complexity index is 604. The number of halogens is 1. The lowest BCUT2D eigenvalue weighted by molar-refractivity contribution is 0.178. The Balaban J connectivity index is 2.25. The monoisotopic (exact) mass is 278 g/mol. The average molecular weight is 279 g/mol. The Labute approximate surface area is 118 Å². The van der Waals surface area contributed by atoms with E-state index in [0.717, 1.165) is 28.1 Å². The fraction of sp³-hybridized carbons (Fsp3) is 0.400. The topological polar surface area (TPSA) is 38.1 Å². The molecule has 1 N–H and O–H groups in total. The van der Waals surface area contributed by atoms with Crippen LogP contribution in [0.4, 0.5) is 0 Å². The highest BCUT2D eigenvalue weighted by Crippen LogP contribution is 2.25. The molecule has 0 aliphatic heterocycles. The van der Waals surface area contributed by atoms with Crippen molar-refractivity contribution in [1.29, 1.82) is 0 Å². The largest absolute Gasteiger partial charge is 0.388 e. The van der Waals surface area contributed by atoms with Crippen LogP contribution in [0.3, 0.4) is 0 Å². The summed E-state index contributed by atoms with van der Waals surface area (Å²) < 4.78 is 1.85. The number of rotatable bonds is 3. The van der Waals surface area contributed by atoms with E-state index in [1.807, 2.05) is 50.7 Å². The smallest absolute Gasteiger partial charge is 0.0832 e. The van der Waals surface area contributed by atoms with E-state index in [1.54, 1.807) is 0 Å². The Kier molecular flexibility index (Phi) is 3.97. The fourth-order valence-corrected chi connectivity index (χ4v) is 2.43. The first kappa shape index (κ1) is 14.1. The minimum Gasteiger partial charge on any atom is -0.388 e. The zero-order valence-electron chi connectivity index (χ0n) is 11.7. The average Bonchev–Trinajstić information content (AvgIpc) is 2.59. The van der Waals surface area contributed by atoms with E-state index in [0.29, 0.717) is 11.4 Å². The summed E-state index contributed by atoms with van der Waals surface area (Å²) in [5.74, 6) is 0. The van der Waals surface area contributed by atoms with Gasteiger partial charge in [0.25, 0.3) is 0 Å². The summed E-state index contributed by atoms with van der Waals surface area (Å²) in [6.45, 7) is 5.94. The van der Waals surface area contributed by atoms with Gasteiger partial charge in [-0.05, 0) is 43.5 Å². The molecule has 0 spiro atoms. The number of aromatic nitrogens is 2. The molecule has 19 heavy (non-hydrogen) atoms. The SMILES string of the molecule is Cc1ccc(C(O)Cc2c(C)nn(C)c2C)cc1Cl. The van der Waals surface area contributed by atoms with Crippen molar-refractivity contribution in [2.45, 2.75) is 33.3 Å². The van der Waals surface area contributed by atoms with Crippen molar-refractivity contribution in [2.24, 2.45) is 7.05 Å². The van der Waals surface area contributed by atoms with Crippen LogP contribution in [0.15, 0.2) is 18.2 Å². The molecule has 1 aromatic carbocycles. The third-order valence-electron chi connectivity index (χ3n) is 3.64. The summed E-state index contributed by atoms with van der Waals surface area (Å²) in [7, 11) is 1.92. The van der Waals surface area contributed by atoms with Crippen LogP contribution in [0.5, 0.6) is 0 Å². The van der Waals surface area contributed by atoms with E-state index in [1.165, 1.54) is 0 Å². The highest BCUT2D eigenvalue weighted by Gasteiger charge is 2.16. The molecule has 0 aliphatic carbocycles. The standard InChI is InChI=1S/C15H19ClN2O/c1-9-5-6-12(7-14(9)16)15(19)8-13-10(2)17-18(4)11(13)3/h5-7,15,19H,8H2,1-4H3. The Hall–Kier alpha value is -1.32. The number of aliphatic hydroxyl groups is 1.